The van der Waals surface area contributed by atoms with E-state index in [2.05, 4.69) is 39.6 Å². The van der Waals surface area contributed by atoms with E-state index < -0.39 is 0 Å². The molecule has 1 aromatic heterocycles. The smallest absolute Gasteiger partial charge is 0.220 e. The third-order valence-corrected chi connectivity index (χ3v) is 4.51. The second kappa shape index (κ2) is 3.66. The first kappa shape index (κ1) is 10.2. The molecule has 1 unspecified atom stereocenters. The van der Waals surface area contributed by atoms with Crippen molar-refractivity contribution in [3.63, 3.8) is 0 Å². The Kier molecular flexibility index (Phi) is 2.66. The van der Waals surface area contributed by atoms with Crippen LogP contribution in [0.25, 0.3) is 0 Å². The fourth-order valence-electron chi connectivity index (χ4n) is 1.79. The summed E-state index contributed by atoms with van der Waals surface area (Å²) in [4.78, 5) is 12.5. The molecule has 1 amide bonds. The molecule has 0 aromatic carbocycles. The third kappa shape index (κ3) is 2.01. The number of hydrogen-bond donors (Lipinski definition) is 1. The zero-order chi connectivity index (χ0) is 10.2. The van der Waals surface area contributed by atoms with Gasteiger partial charge in [-0.15, -0.1) is 11.3 Å². The first-order valence-electron chi connectivity index (χ1n) is 4.62. The fraction of sp³-hybridized carbons (Fsp3) is 0.500. The summed E-state index contributed by atoms with van der Waals surface area (Å²) < 4.78 is 1.16. The summed E-state index contributed by atoms with van der Waals surface area (Å²) in [5.41, 5.74) is -0.0372. The summed E-state index contributed by atoms with van der Waals surface area (Å²) >= 11 is 5.25. The lowest BCUT2D eigenvalue weighted by Gasteiger charge is -2.23. The van der Waals surface area contributed by atoms with Gasteiger partial charge in [0.15, 0.2) is 0 Å². The molecular formula is C10H12BrNOS. The van der Waals surface area contributed by atoms with Crippen molar-refractivity contribution >= 4 is 33.2 Å². The highest BCUT2D eigenvalue weighted by molar-refractivity contribution is 9.10. The van der Waals surface area contributed by atoms with E-state index in [0.717, 1.165) is 17.3 Å². The van der Waals surface area contributed by atoms with Crippen molar-refractivity contribution in [1.82, 2.24) is 5.32 Å². The van der Waals surface area contributed by atoms with Crippen LogP contribution in [0.5, 0.6) is 0 Å². The number of nitrogens with one attached hydrogen (secondary N) is 1. The summed E-state index contributed by atoms with van der Waals surface area (Å²) in [6.07, 6.45) is 2.53. The molecule has 1 aliphatic heterocycles. The first-order chi connectivity index (χ1) is 6.59. The molecule has 2 rings (SSSR count). The zero-order valence-electron chi connectivity index (χ0n) is 7.97. The summed E-state index contributed by atoms with van der Waals surface area (Å²) in [6.45, 7) is 2.12. The van der Waals surface area contributed by atoms with Gasteiger partial charge in [0.1, 0.15) is 0 Å². The predicted molar refractivity (Wildman–Crippen MR) is 61.5 cm³/mol. The maximum atomic E-state index is 11.2. The molecule has 76 valence electrons. The van der Waals surface area contributed by atoms with Gasteiger partial charge in [0.25, 0.3) is 0 Å². The lowest BCUT2D eigenvalue weighted by Crippen LogP contribution is -2.40. The van der Waals surface area contributed by atoms with Crippen LogP contribution in [0.4, 0.5) is 0 Å². The molecule has 0 saturated carbocycles. The number of amides is 1. The Hall–Kier alpha value is -0.350. The van der Waals surface area contributed by atoms with E-state index >= 15 is 0 Å². The molecule has 1 aromatic rings. The van der Waals surface area contributed by atoms with Crippen molar-refractivity contribution in [3.8, 4) is 0 Å². The van der Waals surface area contributed by atoms with Crippen LogP contribution >= 0.6 is 27.3 Å². The minimum atomic E-state index is -0.0372. The third-order valence-electron chi connectivity index (χ3n) is 2.59. The predicted octanol–water partition coefficient (Wildman–Crippen LogP) is 2.72. The molecule has 2 nitrogen and oxygen atoms in total. The van der Waals surface area contributed by atoms with Gasteiger partial charge in [-0.1, -0.05) is 0 Å². The highest BCUT2D eigenvalue weighted by Crippen LogP contribution is 2.30. The highest BCUT2D eigenvalue weighted by Gasteiger charge is 2.33. The molecule has 0 aliphatic carbocycles. The molecule has 0 spiro atoms. The Morgan fingerprint density at radius 2 is 2.50 bits per heavy atom. The first-order valence-corrected chi connectivity index (χ1v) is 6.29. The van der Waals surface area contributed by atoms with Gasteiger partial charge >= 0.3 is 0 Å². The lowest BCUT2D eigenvalue weighted by molar-refractivity contribution is -0.119. The largest absolute Gasteiger partial charge is 0.351 e. The van der Waals surface area contributed by atoms with Crippen molar-refractivity contribution < 1.29 is 4.79 Å². The van der Waals surface area contributed by atoms with E-state index in [1.165, 1.54) is 4.88 Å². The standard InChI is InChI=1S/C10H12BrNOS/c1-10(4-2-9(13)12-10)6-8-7(11)3-5-14-8/h3,5H,2,4,6H2,1H3,(H,12,13). The molecule has 1 aliphatic rings. The van der Waals surface area contributed by atoms with E-state index in [0.29, 0.717) is 6.42 Å². The monoisotopic (exact) mass is 273 g/mol. The topological polar surface area (TPSA) is 29.1 Å². The van der Waals surface area contributed by atoms with Gasteiger partial charge in [0, 0.05) is 27.7 Å². The van der Waals surface area contributed by atoms with Gasteiger partial charge in [-0.2, -0.15) is 0 Å². The van der Waals surface area contributed by atoms with Crippen LogP contribution in [0.15, 0.2) is 15.9 Å². The van der Waals surface area contributed by atoms with Crippen LogP contribution in [0.2, 0.25) is 0 Å². The number of rotatable bonds is 2. The Labute approximate surface area is 95.8 Å². The normalized spacial score (nSPS) is 26.6. The average Bonchev–Trinajstić information content (AvgIpc) is 2.62. The summed E-state index contributed by atoms with van der Waals surface area (Å²) in [5, 5.41) is 5.11. The molecule has 4 heteroatoms. The van der Waals surface area contributed by atoms with E-state index in [9.17, 15) is 4.79 Å². The number of carbonyl (C=O) groups excluding carboxylic acids is 1. The maximum absolute atomic E-state index is 11.2. The molecule has 2 heterocycles. The van der Waals surface area contributed by atoms with Crippen LogP contribution in [0.1, 0.15) is 24.6 Å². The number of carbonyl (C=O) groups is 1. The number of hydrogen-bond acceptors (Lipinski definition) is 2. The summed E-state index contributed by atoms with van der Waals surface area (Å²) in [7, 11) is 0. The Balaban J connectivity index is 2.11. The van der Waals surface area contributed by atoms with E-state index in [-0.39, 0.29) is 11.4 Å². The van der Waals surface area contributed by atoms with Crippen molar-refractivity contribution in [2.75, 3.05) is 0 Å². The minimum absolute atomic E-state index is 0.0372. The van der Waals surface area contributed by atoms with Gasteiger partial charge in [-0.05, 0) is 40.7 Å². The van der Waals surface area contributed by atoms with Gasteiger partial charge in [-0.3, -0.25) is 4.79 Å². The number of thiophene rings is 1. The highest BCUT2D eigenvalue weighted by atomic mass is 79.9. The molecule has 1 N–H and O–H groups in total. The fourth-order valence-corrected chi connectivity index (χ4v) is 3.47. The van der Waals surface area contributed by atoms with E-state index in [1.807, 2.05) is 0 Å². The molecule has 1 fully saturated rings. The van der Waals surface area contributed by atoms with Gasteiger partial charge < -0.3 is 5.32 Å². The second-order valence-electron chi connectivity index (χ2n) is 3.98. The second-order valence-corrected chi connectivity index (χ2v) is 5.83. The molecule has 0 bridgehead atoms. The van der Waals surface area contributed by atoms with Crippen LogP contribution in [-0.4, -0.2) is 11.4 Å². The SMILES string of the molecule is CC1(Cc2sccc2Br)CCC(=O)N1. The lowest BCUT2D eigenvalue weighted by atomic mass is 9.95. The van der Waals surface area contributed by atoms with Crippen LogP contribution in [0.3, 0.4) is 0 Å². The van der Waals surface area contributed by atoms with Gasteiger partial charge in [0.2, 0.25) is 5.91 Å². The Bertz CT molecular complexity index is 363. The molecular weight excluding hydrogens is 262 g/mol. The zero-order valence-corrected chi connectivity index (χ0v) is 10.4. The molecule has 0 radical (unpaired) electrons. The van der Waals surface area contributed by atoms with Crippen LogP contribution < -0.4 is 5.32 Å². The average molecular weight is 274 g/mol. The quantitative estimate of drug-likeness (QED) is 0.882. The van der Waals surface area contributed by atoms with Crippen molar-refractivity contribution in [2.24, 2.45) is 0 Å². The Morgan fingerprint density at radius 3 is 3.00 bits per heavy atom. The summed E-state index contributed by atoms with van der Waals surface area (Å²) in [5.74, 6) is 0.181. The van der Waals surface area contributed by atoms with Gasteiger partial charge in [-0.25, -0.2) is 0 Å². The van der Waals surface area contributed by atoms with Crippen molar-refractivity contribution in [3.05, 3.63) is 20.8 Å². The van der Waals surface area contributed by atoms with Gasteiger partial charge in [0.05, 0.1) is 0 Å². The van der Waals surface area contributed by atoms with E-state index in [1.54, 1.807) is 11.3 Å². The van der Waals surface area contributed by atoms with Crippen molar-refractivity contribution in [1.29, 1.82) is 0 Å². The summed E-state index contributed by atoms with van der Waals surface area (Å²) in [6, 6.07) is 2.06. The molecule has 1 saturated heterocycles. The van der Waals surface area contributed by atoms with Crippen LogP contribution in [-0.2, 0) is 11.2 Å². The Morgan fingerprint density at radius 1 is 1.71 bits per heavy atom. The maximum Gasteiger partial charge on any atom is 0.220 e. The molecule has 14 heavy (non-hydrogen) atoms. The number of halogens is 1. The van der Waals surface area contributed by atoms with Crippen molar-refractivity contribution in [2.45, 2.75) is 31.7 Å². The van der Waals surface area contributed by atoms with E-state index in [4.69, 9.17) is 0 Å². The molecule has 1 atom stereocenters. The van der Waals surface area contributed by atoms with Crippen LogP contribution in [0, 0.1) is 0 Å². The minimum Gasteiger partial charge on any atom is -0.351 e.